The van der Waals surface area contributed by atoms with E-state index in [1.807, 2.05) is 67.6 Å². The topological polar surface area (TPSA) is 108 Å². The van der Waals surface area contributed by atoms with Crippen molar-refractivity contribution in [2.75, 3.05) is 0 Å². The van der Waals surface area contributed by atoms with Crippen LogP contribution >= 0.6 is 0 Å². The molecule has 0 unspecified atom stereocenters. The van der Waals surface area contributed by atoms with E-state index in [-0.39, 0.29) is 22.7 Å². The first-order valence-electron chi connectivity index (χ1n) is 13.9. The van der Waals surface area contributed by atoms with Crippen LogP contribution in [0.3, 0.4) is 0 Å². The molecule has 6 heteroatoms. The number of benzene rings is 3. The van der Waals surface area contributed by atoms with Crippen LogP contribution in [0, 0.1) is 12.3 Å². The first kappa shape index (κ1) is 29.4. The summed E-state index contributed by atoms with van der Waals surface area (Å²) >= 11 is 0. The molecule has 1 aliphatic rings. The Morgan fingerprint density at radius 3 is 1.93 bits per heavy atom. The number of carboxylic acid groups (broad SMARTS) is 1. The van der Waals surface area contributed by atoms with Crippen LogP contribution in [-0.4, -0.2) is 28.4 Å². The Morgan fingerprint density at radius 2 is 1.39 bits per heavy atom. The standard InChI is InChI=1S/C33H31NO3.C2H4O2/c1-4-15-33(16-5-2)28-18-22(31(35)24-14-17-37-20-24)10-12-26(28)27-13-11-23(19-29(27)33)32(36)30(34)25-9-7-6-8-21(25)3;1-2(3)4/h6-14,17-20,34H,4-5,15-16H2,1-3H3;1H3,(H,3,4). The number of Topliss-reactive ketones (excluding diaryl/α,β-unsaturated/α-hetero) is 1. The van der Waals surface area contributed by atoms with Crippen molar-refractivity contribution >= 4 is 23.2 Å². The zero-order valence-corrected chi connectivity index (χ0v) is 23.9. The summed E-state index contributed by atoms with van der Waals surface area (Å²) in [5, 5.41) is 16.1. The van der Waals surface area contributed by atoms with Crippen LogP contribution in [0.4, 0.5) is 0 Å². The number of rotatable bonds is 9. The predicted molar refractivity (Wildman–Crippen MR) is 160 cm³/mol. The molecule has 0 spiro atoms. The zero-order valence-electron chi connectivity index (χ0n) is 23.9. The molecule has 0 aliphatic heterocycles. The molecule has 1 aliphatic carbocycles. The fourth-order valence-electron chi connectivity index (χ4n) is 5.98. The minimum atomic E-state index is -0.833. The molecule has 4 aromatic rings. The highest BCUT2D eigenvalue weighted by molar-refractivity contribution is 6.50. The summed E-state index contributed by atoms with van der Waals surface area (Å²) in [6.07, 6.45) is 6.76. The number of hydrogen-bond donors (Lipinski definition) is 2. The summed E-state index contributed by atoms with van der Waals surface area (Å²) in [5.74, 6) is -1.16. The van der Waals surface area contributed by atoms with Gasteiger partial charge in [-0.25, -0.2) is 0 Å². The van der Waals surface area contributed by atoms with Crippen LogP contribution in [-0.2, 0) is 10.2 Å². The molecule has 0 saturated carbocycles. The molecule has 5 rings (SSSR count). The Hall–Kier alpha value is -4.58. The number of furan rings is 1. The summed E-state index contributed by atoms with van der Waals surface area (Å²) < 4.78 is 5.14. The normalized spacial score (nSPS) is 12.5. The summed E-state index contributed by atoms with van der Waals surface area (Å²) in [5.41, 5.74) is 7.51. The van der Waals surface area contributed by atoms with Crippen LogP contribution in [0.5, 0.6) is 0 Å². The molecule has 0 fully saturated rings. The third-order valence-corrected chi connectivity index (χ3v) is 7.66. The molecule has 0 saturated heterocycles. The largest absolute Gasteiger partial charge is 0.481 e. The number of carboxylic acids is 1. The number of aliphatic carboxylic acids is 1. The van der Waals surface area contributed by atoms with Crippen molar-refractivity contribution in [3.8, 4) is 11.1 Å². The minimum Gasteiger partial charge on any atom is -0.481 e. The third kappa shape index (κ3) is 5.68. The molecule has 3 aromatic carbocycles. The van der Waals surface area contributed by atoms with Crippen molar-refractivity contribution in [2.24, 2.45) is 0 Å². The second-order valence-electron chi connectivity index (χ2n) is 10.5. The Labute approximate surface area is 240 Å². The van der Waals surface area contributed by atoms with Crippen molar-refractivity contribution in [3.05, 3.63) is 118 Å². The molecule has 1 heterocycles. The SMILES string of the molecule is CC(=O)O.CCCC1(CCC)c2cc(C(=O)C(=N)c3ccccc3C)ccc2-c2ccc(C(=O)c3ccoc3)cc21. The van der Waals surface area contributed by atoms with Gasteiger partial charge in [0.1, 0.15) is 12.0 Å². The van der Waals surface area contributed by atoms with Crippen LogP contribution in [0.1, 0.15) is 95.0 Å². The maximum absolute atomic E-state index is 13.5. The summed E-state index contributed by atoms with van der Waals surface area (Å²) in [7, 11) is 0. The zero-order chi connectivity index (χ0) is 29.7. The lowest BCUT2D eigenvalue weighted by atomic mass is 9.71. The Balaban J connectivity index is 0.000000909. The van der Waals surface area contributed by atoms with E-state index in [9.17, 15) is 9.59 Å². The van der Waals surface area contributed by atoms with Crippen LogP contribution in [0.15, 0.2) is 83.7 Å². The van der Waals surface area contributed by atoms with E-state index in [1.165, 1.54) is 12.5 Å². The highest BCUT2D eigenvalue weighted by atomic mass is 16.4. The first-order valence-corrected chi connectivity index (χ1v) is 13.9. The molecule has 210 valence electrons. The number of carbonyl (C=O) groups excluding carboxylic acids is 2. The van der Waals surface area contributed by atoms with Gasteiger partial charge in [-0.05, 0) is 65.8 Å². The number of hydrogen-bond acceptors (Lipinski definition) is 5. The van der Waals surface area contributed by atoms with E-state index in [2.05, 4.69) is 13.8 Å². The fourth-order valence-corrected chi connectivity index (χ4v) is 5.98. The molecular weight excluding hydrogens is 514 g/mol. The molecule has 0 bridgehead atoms. The summed E-state index contributed by atoms with van der Waals surface area (Å²) in [6, 6.07) is 21.1. The van der Waals surface area contributed by atoms with E-state index in [4.69, 9.17) is 19.7 Å². The highest BCUT2D eigenvalue weighted by Gasteiger charge is 2.42. The first-order chi connectivity index (χ1) is 19.6. The molecule has 1 aromatic heterocycles. The van der Waals surface area contributed by atoms with Crippen LogP contribution < -0.4 is 0 Å². The number of aryl methyl sites for hydroxylation is 1. The highest BCUT2D eigenvalue weighted by Crippen LogP contribution is 2.54. The van der Waals surface area contributed by atoms with E-state index in [0.29, 0.717) is 22.3 Å². The third-order valence-electron chi connectivity index (χ3n) is 7.66. The Kier molecular flexibility index (Phi) is 8.82. The van der Waals surface area contributed by atoms with Crippen molar-refractivity contribution < 1.29 is 23.9 Å². The molecule has 2 N–H and O–H groups in total. The lowest BCUT2D eigenvalue weighted by Gasteiger charge is -2.32. The molecule has 6 nitrogen and oxygen atoms in total. The van der Waals surface area contributed by atoms with Crippen LogP contribution in [0.2, 0.25) is 0 Å². The van der Waals surface area contributed by atoms with Gasteiger partial charge >= 0.3 is 0 Å². The number of nitrogens with one attached hydrogen (secondary N) is 1. The Bertz CT molecular complexity index is 1600. The lowest BCUT2D eigenvalue weighted by molar-refractivity contribution is -0.134. The van der Waals surface area contributed by atoms with Gasteiger partial charge in [0.2, 0.25) is 5.78 Å². The average molecular weight is 550 g/mol. The van der Waals surface area contributed by atoms with Gasteiger partial charge in [0.15, 0.2) is 5.78 Å². The predicted octanol–water partition coefficient (Wildman–Crippen LogP) is 8.03. The average Bonchev–Trinajstić information content (AvgIpc) is 3.58. The van der Waals surface area contributed by atoms with Gasteiger partial charge in [0.25, 0.3) is 5.97 Å². The van der Waals surface area contributed by atoms with Gasteiger partial charge in [0.05, 0.1) is 11.8 Å². The quantitative estimate of drug-likeness (QED) is 0.162. The molecular formula is C35H35NO5. The Morgan fingerprint density at radius 1 is 0.829 bits per heavy atom. The van der Waals surface area contributed by atoms with Gasteiger partial charge < -0.3 is 9.52 Å². The lowest BCUT2D eigenvalue weighted by Crippen LogP contribution is -2.26. The van der Waals surface area contributed by atoms with Gasteiger partial charge in [-0.3, -0.25) is 19.8 Å². The van der Waals surface area contributed by atoms with Crippen LogP contribution in [0.25, 0.3) is 11.1 Å². The second kappa shape index (κ2) is 12.3. The van der Waals surface area contributed by atoms with Crippen molar-refractivity contribution in [1.29, 1.82) is 5.41 Å². The molecule has 0 amide bonds. The van der Waals surface area contributed by atoms with Crippen molar-refractivity contribution in [1.82, 2.24) is 0 Å². The van der Waals surface area contributed by atoms with Gasteiger partial charge in [-0.1, -0.05) is 75.2 Å². The second-order valence-corrected chi connectivity index (χ2v) is 10.5. The fraction of sp³-hybridized carbons (Fsp3) is 0.257. The molecule has 0 radical (unpaired) electrons. The molecule has 0 atom stereocenters. The van der Waals surface area contributed by atoms with Crippen molar-refractivity contribution in [3.63, 3.8) is 0 Å². The monoisotopic (exact) mass is 549 g/mol. The van der Waals surface area contributed by atoms with E-state index < -0.39 is 5.97 Å². The van der Waals surface area contributed by atoms with Crippen molar-refractivity contribution in [2.45, 2.75) is 58.8 Å². The smallest absolute Gasteiger partial charge is 0.300 e. The minimum absolute atomic E-state index is 0.0122. The summed E-state index contributed by atoms with van der Waals surface area (Å²) in [4.78, 5) is 35.7. The number of fused-ring (bicyclic) bond motifs is 3. The van der Waals surface area contributed by atoms with Gasteiger partial charge in [0, 0.05) is 29.0 Å². The van der Waals surface area contributed by atoms with Gasteiger partial charge in [-0.2, -0.15) is 0 Å². The molecule has 41 heavy (non-hydrogen) atoms. The van der Waals surface area contributed by atoms with E-state index in [0.717, 1.165) is 60.4 Å². The maximum atomic E-state index is 13.5. The van der Waals surface area contributed by atoms with E-state index >= 15 is 0 Å². The number of carbonyl (C=O) groups is 3. The van der Waals surface area contributed by atoms with E-state index in [1.54, 1.807) is 6.07 Å². The summed E-state index contributed by atoms with van der Waals surface area (Å²) in [6.45, 7) is 7.36. The number of ketones is 2. The van der Waals surface area contributed by atoms with Gasteiger partial charge in [-0.15, -0.1) is 0 Å². The maximum Gasteiger partial charge on any atom is 0.300 e.